The quantitative estimate of drug-likeness (QED) is 0.464. The van der Waals surface area contributed by atoms with Gasteiger partial charge in [-0.2, -0.15) is 5.10 Å². The molecule has 7 heteroatoms. The van der Waals surface area contributed by atoms with E-state index in [1.54, 1.807) is 18.2 Å². The summed E-state index contributed by atoms with van der Waals surface area (Å²) >= 11 is 0. The van der Waals surface area contributed by atoms with Crippen LogP contribution in [0.3, 0.4) is 0 Å². The van der Waals surface area contributed by atoms with E-state index in [2.05, 4.69) is 5.10 Å². The van der Waals surface area contributed by atoms with Crippen molar-refractivity contribution in [3.8, 4) is 0 Å². The number of carbonyl (C=O) groups excluding carboxylic acids is 1. The number of rotatable bonds is 4. The number of hydrazone groups is 1. The van der Waals surface area contributed by atoms with Crippen molar-refractivity contribution < 1.29 is 9.72 Å². The van der Waals surface area contributed by atoms with Crippen LogP contribution in [-0.4, -0.2) is 17.2 Å². The molecule has 0 fully saturated rings. The van der Waals surface area contributed by atoms with Crippen molar-refractivity contribution in [3.05, 3.63) is 46.0 Å². The molecule has 1 rings (SSSR count). The Hall–Kier alpha value is -2.70. The molecule has 0 saturated carbocycles. The van der Waals surface area contributed by atoms with Crippen molar-refractivity contribution in [2.75, 3.05) is 0 Å². The summed E-state index contributed by atoms with van der Waals surface area (Å²) in [5.74, 6) is 0. The van der Waals surface area contributed by atoms with E-state index in [4.69, 9.17) is 5.73 Å². The van der Waals surface area contributed by atoms with Gasteiger partial charge in [0.15, 0.2) is 0 Å². The number of nitrogens with zero attached hydrogens (tertiary/aromatic N) is 2. The molecule has 0 aliphatic heterocycles. The molecule has 0 unspecified atom stereocenters. The third-order valence-electron chi connectivity index (χ3n) is 1.74. The van der Waals surface area contributed by atoms with Gasteiger partial charge in [-0.3, -0.25) is 10.1 Å². The molecule has 0 bridgehead atoms. The van der Waals surface area contributed by atoms with Crippen LogP contribution in [-0.2, 0) is 0 Å². The second-order valence-corrected chi connectivity index (χ2v) is 2.93. The van der Waals surface area contributed by atoms with Gasteiger partial charge in [-0.1, -0.05) is 12.1 Å². The second-order valence-electron chi connectivity index (χ2n) is 2.93. The van der Waals surface area contributed by atoms with Gasteiger partial charge >= 0.3 is 6.03 Å². The Morgan fingerprint density at radius 1 is 1.47 bits per heavy atom. The lowest BCUT2D eigenvalue weighted by Gasteiger charge is -1.95. The number of nitrogens with one attached hydrogen (secondary N) is 1. The lowest BCUT2D eigenvalue weighted by atomic mass is 10.2. The number of allylic oxidation sites excluding steroid dienone is 1. The molecule has 7 nitrogen and oxygen atoms in total. The van der Waals surface area contributed by atoms with Crippen LogP contribution < -0.4 is 11.2 Å². The van der Waals surface area contributed by atoms with Crippen LogP contribution >= 0.6 is 0 Å². The zero-order valence-electron chi connectivity index (χ0n) is 8.74. The number of benzene rings is 1. The van der Waals surface area contributed by atoms with Crippen molar-refractivity contribution in [2.45, 2.75) is 0 Å². The van der Waals surface area contributed by atoms with Gasteiger partial charge in [0.05, 0.1) is 10.5 Å². The van der Waals surface area contributed by atoms with Gasteiger partial charge in [0.2, 0.25) is 0 Å². The minimum absolute atomic E-state index is 0.00000966. The molecule has 1 aromatic rings. The molecular weight excluding hydrogens is 224 g/mol. The number of nitro benzene ring substituents is 1. The predicted molar refractivity (Wildman–Crippen MR) is 63.3 cm³/mol. The Morgan fingerprint density at radius 2 is 2.18 bits per heavy atom. The third kappa shape index (κ3) is 4.12. The van der Waals surface area contributed by atoms with Crippen molar-refractivity contribution in [3.63, 3.8) is 0 Å². The lowest BCUT2D eigenvalue weighted by molar-refractivity contribution is -0.385. The fourth-order valence-corrected chi connectivity index (χ4v) is 1.09. The van der Waals surface area contributed by atoms with Crippen molar-refractivity contribution in [1.82, 2.24) is 5.43 Å². The summed E-state index contributed by atoms with van der Waals surface area (Å²) in [7, 11) is 0. The van der Waals surface area contributed by atoms with Crippen LogP contribution in [0.5, 0.6) is 0 Å². The smallest absolute Gasteiger partial charge is 0.332 e. The topological polar surface area (TPSA) is 111 Å². The zero-order valence-corrected chi connectivity index (χ0v) is 8.74. The summed E-state index contributed by atoms with van der Waals surface area (Å²) in [6.07, 6.45) is 4.23. The third-order valence-corrected chi connectivity index (χ3v) is 1.74. The molecule has 17 heavy (non-hydrogen) atoms. The minimum Gasteiger partial charge on any atom is -0.350 e. The first-order valence-electron chi connectivity index (χ1n) is 4.60. The predicted octanol–water partition coefficient (Wildman–Crippen LogP) is 1.26. The number of para-hydroxylation sites is 1. The van der Waals surface area contributed by atoms with Gasteiger partial charge in [-0.25, -0.2) is 10.2 Å². The van der Waals surface area contributed by atoms with Crippen LogP contribution in [0.15, 0.2) is 35.4 Å². The molecular formula is C10H10N4O3. The maximum Gasteiger partial charge on any atom is 0.332 e. The molecule has 0 aliphatic rings. The second kappa shape index (κ2) is 6.01. The van der Waals surface area contributed by atoms with E-state index in [9.17, 15) is 14.9 Å². The Balaban J connectivity index is 2.74. The van der Waals surface area contributed by atoms with Crippen LogP contribution in [0, 0.1) is 10.1 Å². The maximum absolute atomic E-state index is 10.7. The number of nitro groups is 1. The fourth-order valence-electron chi connectivity index (χ4n) is 1.09. The molecule has 0 radical (unpaired) electrons. The Morgan fingerprint density at radius 3 is 2.82 bits per heavy atom. The van der Waals surface area contributed by atoms with Gasteiger partial charge in [-0.15, -0.1) is 0 Å². The number of urea groups is 1. The average Bonchev–Trinajstić information content (AvgIpc) is 2.28. The molecule has 0 saturated heterocycles. The molecule has 0 spiro atoms. The van der Waals surface area contributed by atoms with E-state index in [-0.39, 0.29) is 5.69 Å². The standard InChI is InChI=1S/C10H10N4O3/c11-10(15)13-12-7-3-5-8-4-1-2-6-9(8)14(16)17/h1-7H,(H3,11,13,15)/b5-3+,12-7+. The van der Waals surface area contributed by atoms with Crippen LogP contribution in [0.1, 0.15) is 5.56 Å². The monoisotopic (exact) mass is 234 g/mol. The van der Waals surface area contributed by atoms with Crippen LogP contribution in [0.4, 0.5) is 10.5 Å². The number of nitrogens with two attached hydrogens (primary N) is 1. The molecule has 0 atom stereocenters. The first kappa shape index (κ1) is 12.4. The maximum atomic E-state index is 10.7. The van der Waals surface area contributed by atoms with E-state index in [0.717, 1.165) is 0 Å². The molecule has 3 N–H and O–H groups in total. The molecule has 88 valence electrons. The summed E-state index contributed by atoms with van der Waals surface area (Å²) in [6, 6.07) is 5.49. The van der Waals surface area contributed by atoms with E-state index >= 15 is 0 Å². The Labute approximate surface area is 96.8 Å². The van der Waals surface area contributed by atoms with Gasteiger partial charge in [-0.05, 0) is 18.2 Å². The summed E-state index contributed by atoms with van der Waals surface area (Å²) in [5, 5.41) is 14.1. The number of carbonyl (C=O) groups is 1. The number of hydrogen-bond donors (Lipinski definition) is 2. The summed E-state index contributed by atoms with van der Waals surface area (Å²) in [5.41, 5.74) is 7.21. The Bertz CT molecular complexity index is 482. The van der Waals surface area contributed by atoms with Crippen LogP contribution in [0.25, 0.3) is 6.08 Å². The number of primary amides is 1. The van der Waals surface area contributed by atoms with E-state index in [1.165, 1.54) is 24.4 Å². The largest absolute Gasteiger partial charge is 0.350 e. The zero-order chi connectivity index (χ0) is 12.7. The van der Waals surface area contributed by atoms with Crippen molar-refractivity contribution in [1.29, 1.82) is 0 Å². The fraction of sp³-hybridized carbons (Fsp3) is 0. The van der Waals surface area contributed by atoms with Crippen LogP contribution in [0.2, 0.25) is 0 Å². The normalized spacial score (nSPS) is 10.8. The van der Waals surface area contributed by atoms with Crippen molar-refractivity contribution >= 4 is 24.0 Å². The van der Waals surface area contributed by atoms with Gasteiger partial charge in [0, 0.05) is 12.3 Å². The number of amides is 2. The summed E-state index contributed by atoms with van der Waals surface area (Å²) in [6.45, 7) is 0. The highest BCUT2D eigenvalue weighted by Crippen LogP contribution is 2.18. The summed E-state index contributed by atoms with van der Waals surface area (Å²) in [4.78, 5) is 20.5. The van der Waals surface area contributed by atoms with E-state index < -0.39 is 11.0 Å². The Kier molecular flexibility index (Phi) is 4.37. The van der Waals surface area contributed by atoms with Gasteiger partial charge in [0.25, 0.3) is 5.69 Å². The summed E-state index contributed by atoms with van der Waals surface area (Å²) < 4.78 is 0. The average molecular weight is 234 g/mol. The first-order valence-corrected chi connectivity index (χ1v) is 4.60. The molecule has 1 aromatic carbocycles. The number of hydrogen-bond acceptors (Lipinski definition) is 4. The molecule has 0 aromatic heterocycles. The SMILES string of the molecule is NC(=O)N/N=C/C=C/c1ccccc1[N+](=O)[O-]. The molecule has 2 amide bonds. The highest BCUT2D eigenvalue weighted by Gasteiger charge is 2.08. The lowest BCUT2D eigenvalue weighted by Crippen LogP contribution is -2.24. The highest BCUT2D eigenvalue weighted by molar-refractivity contribution is 5.81. The molecule has 0 aliphatic carbocycles. The van der Waals surface area contributed by atoms with Gasteiger partial charge in [0.1, 0.15) is 0 Å². The van der Waals surface area contributed by atoms with E-state index in [1.807, 2.05) is 5.43 Å². The van der Waals surface area contributed by atoms with Crippen molar-refractivity contribution in [2.24, 2.45) is 10.8 Å². The minimum atomic E-state index is -0.777. The van der Waals surface area contributed by atoms with E-state index in [0.29, 0.717) is 5.56 Å². The highest BCUT2D eigenvalue weighted by atomic mass is 16.6. The van der Waals surface area contributed by atoms with Gasteiger partial charge < -0.3 is 5.73 Å². The first-order chi connectivity index (χ1) is 8.11. The molecule has 0 heterocycles.